The second kappa shape index (κ2) is 5.85. The predicted octanol–water partition coefficient (Wildman–Crippen LogP) is 0.354. The number of nitrogens with one attached hydrogen (secondary N) is 1. The van der Waals surface area contributed by atoms with Crippen molar-refractivity contribution in [3.8, 4) is 5.88 Å². The van der Waals surface area contributed by atoms with Crippen LogP contribution in [0.15, 0.2) is 23.2 Å². The first kappa shape index (κ1) is 15.9. The molecule has 0 fully saturated rings. The lowest BCUT2D eigenvalue weighted by Gasteiger charge is -2.09. The van der Waals surface area contributed by atoms with Crippen LogP contribution in [0.1, 0.15) is 13.8 Å². The van der Waals surface area contributed by atoms with Gasteiger partial charge in [-0.25, -0.2) is 13.1 Å². The number of aromatic nitrogens is 1. The van der Waals surface area contributed by atoms with Gasteiger partial charge >= 0.3 is 10.1 Å². The molecule has 1 heterocycles. The number of rotatable bonds is 6. The smallest absolute Gasteiger partial charge is 0.307 e. The zero-order chi connectivity index (χ0) is 14.7. The van der Waals surface area contributed by atoms with Gasteiger partial charge in [0.05, 0.1) is 6.26 Å². The Kier molecular flexibility index (Phi) is 4.88. The van der Waals surface area contributed by atoms with E-state index in [4.69, 9.17) is 0 Å². The summed E-state index contributed by atoms with van der Waals surface area (Å²) in [6.45, 7) is 3.99. The van der Waals surface area contributed by atoms with Crippen LogP contribution in [0.4, 0.5) is 0 Å². The third-order valence-electron chi connectivity index (χ3n) is 1.89. The van der Waals surface area contributed by atoms with Crippen molar-refractivity contribution < 1.29 is 21.0 Å². The molecule has 1 aromatic rings. The topological polar surface area (TPSA) is 102 Å². The monoisotopic (exact) mass is 308 g/mol. The van der Waals surface area contributed by atoms with Crippen molar-refractivity contribution in [1.29, 1.82) is 0 Å². The molecule has 0 aliphatic carbocycles. The molecule has 0 saturated carbocycles. The Morgan fingerprint density at radius 3 is 2.42 bits per heavy atom. The van der Waals surface area contributed by atoms with E-state index < -0.39 is 20.1 Å². The highest BCUT2D eigenvalue weighted by molar-refractivity contribution is 7.89. The normalized spacial score (nSPS) is 12.6. The van der Waals surface area contributed by atoms with E-state index in [0.29, 0.717) is 0 Å². The fourth-order valence-corrected chi connectivity index (χ4v) is 2.67. The van der Waals surface area contributed by atoms with E-state index in [1.165, 1.54) is 18.2 Å². The molecule has 1 N–H and O–H groups in total. The molecule has 0 amide bonds. The summed E-state index contributed by atoms with van der Waals surface area (Å²) in [6, 6.07) is 3.89. The molecule has 0 spiro atoms. The minimum absolute atomic E-state index is 0.144. The summed E-state index contributed by atoms with van der Waals surface area (Å²) >= 11 is 0. The highest BCUT2D eigenvalue weighted by atomic mass is 32.2. The number of hydrogen-bond donors (Lipinski definition) is 1. The molecule has 0 aliphatic rings. The van der Waals surface area contributed by atoms with Gasteiger partial charge in [0.2, 0.25) is 5.88 Å². The van der Waals surface area contributed by atoms with Crippen molar-refractivity contribution in [3.63, 3.8) is 0 Å². The Balaban J connectivity index is 2.99. The molecule has 0 bridgehead atoms. The van der Waals surface area contributed by atoms with Crippen LogP contribution >= 0.6 is 0 Å². The molecular formula is C10H16N2O5S2. The molecule has 0 atom stereocenters. The van der Waals surface area contributed by atoms with Crippen molar-refractivity contribution in [3.05, 3.63) is 18.2 Å². The Hall–Kier alpha value is -1.19. The van der Waals surface area contributed by atoms with Gasteiger partial charge in [-0.1, -0.05) is 19.9 Å². The van der Waals surface area contributed by atoms with Crippen molar-refractivity contribution in [1.82, 2.24) is 9.71 Å². The minimum Gasteiger partial charge on any atom is -0.362 e. The van der Waals surface area contributed by atoms with Crippen LogP contribution in [0.5, 0.6) is 5.88 Å². The first-order valence-electron chi connectivity index (χ1n) is 5.46. The highest BCUT2D eigenvalue weighted by Gasteiger charge is 2.17. The number of nitrogens with zero attached hydrogens (tertiary/aromatic N) is 1. The molecule has 0 aromatic carbocycles. The summed E-state index contributed by atoms with van der Waals surface area (Å²) in [5.41, 5.74) is 0. The molecule has 0 saturated heterocycles. The molecule has 1 aromatic heterocycles. The Bertz CT molecular complexity index is 638. The van der Waals surface area contributed by atoms with Crippen LogP contribution in [0.2, 0.25) is 0 Å². The maximum absolute atomic E-state index is 11.9. The van der Waals surface area contributed by atoms with Gasteiger partial charge in [-0.15, -0.1) is 0 Å². The van der Waals surface area contributed by atoms with Crippen molar-refractivity contribution in [2.45, 2.75) is 18.9 Å². The van der Waals surface area contributed by atoms with Crippen LogP contribution in [-0.2, 0) is 20.1 Å². The molecule has 0 unspecified atom stereocenters. The van der Waals surface area contributed by atoms with E-state index in [2.05, 4.69) is 13.9 Å². The summed E-state index contributed by atoms with van der Waals surface area (Å²) < 4.78 is 52.6. The number of hydrogen-bond acceptors (Lipinski definition) is 6. The van der Waals surface area contributed by atoms with Gasteiger partial charge in [-0.05, 0) is 12.0 Å². The van der Waals surface area contributed by atoms with Crippen LogP contribution in [0.3, 0.4) is 0 Å². The van der Waals surface area contributed by atoms with E-state index in [-0.39, 0.29) is 23.4 Å². The molecule has 0 aliphatic heterocycles. The Morgan fingerprint density at radius 1 is 1.26 bits per heavy atom. The van der Waals surface area contributed by atoms with Gasteiger partial charge in [0.1, 0.15) is 0 Å². The second-order valence-electron chi connectivity index (χ2n) is 4.35. The van der Waals surface area contributed by atoms with Crippen LogP contribution in [0, 0.1) is 5.92 Å². The van der Waals surface area contributed by atoms with Crippen molar-refractivity contribution >= 4 is 20.1 Å². The van der Waals surface area contributed by atoms with Crippen molar-refractivity contribution in [2.24, 2.45) is 5.92 Å². The van der Waals surface area contributed by atoms with Gasteiger partial charge in [0, 0.05) is 12.6 Å². The Morgan fingerprint density at radius 2 is 1.89 bits per heavy atom. The Labute approximate surface area is 113 Å². The van der Waals surface area contributed by atoms with E-state index in [9.17, 15) is 16.8 Å². The molecule has 0 radical (unpaired) electrons. The largest absolute Gasteiger partial charge is 0.362 e. The lowest BCUT2D eigenvalue weighted by Crippen LogP contribution is -2.28. The lowest BCUT2D eigenvalue weighted by atomic mass is 10.2. The molecular weight excluding hydrogens is 292 g/mol. The molecule has 1 rings (SSSR count). The van der Waals surface area contributed by atoms with E-state index in [1.807, 2.05) is 13.8 Å². The molecule has 7 nitrogen and oxygen atoms in total. The SMILES string of the molecule is CC(C)CNS(=O)(=O)c1cccc(OS(C)(=O)=O)n1. The van der Waals surface area contributed by atoms with Gasteiger partial charge in [0.25, 0.3) is 10.0 Å². The molecule has 9 heteroatoms. The first-order chi connectivity index (χ1) is 8.60. The number of pyridine rings is 1. The second-order valence-corrected chi connectivity index (χ2v) is 7.64. The van der Waals surface area contributed by atoms with Crippen LogP contribution in [-0.4, -0.2) is 34.6 Å². The third-order valence-corrected chi connectivity index (χ3v) is 3.69. The van der Waals surface area contributed by atoms with E-state index in [0.717, 1.165) is 6.26 Å². The average molecular weight is 308 g/mol. The number of sulfonamides is 1. The summed E-state index contributed by atoms with van der Waals surface area (Å²) in [5.74, 6) is -0.139. The zero-order valence-electron chi connectivity index (χ0n) is 10.8. The summed E-state index contributed by atoms with van der Waals surface area (Å²) in [7, 11) is -7.51. The molecule has 108 valence electrons. The summed E-state index contributed by atoms with van der Waals surface area (Å²) in [5, 5.41) is -0.283. The lowest BCUT2D eigenvalue weighted by molar-refractivity contribution is 0.478. The predicted molar refractivity (Wildman–Crippen MR) is 69.7 cm³/mol. The van der Waals surface area contributed by atoms with Crippen LogP contribution in [0.25, 0.3) is 0 Å². The fourth-order valence-electron chi connectivity index (χ4n) is 1.10. The maximum Gasteiger partial charge on any atom is 0.307 e. The quantitative estimate of drug-likeness (QED) is 0.761. The van der Waals surface area contributed by atoms with Gasteiger partial charge in [0.15, 0.2) is 5.03 Å². The zero-order valence-corrected chi connectivity index (χ0v) is 12.5. The van der Waals surface area contributed by atoms with Crippen molar-refractivity contribution in [2.75, 3.05) is 12.8 Å². The van der Waals surface area contributed by atoms with Crippen LogP contribution < -0.4 is 8.91 Å². The first-order valence-corrected chi connectivity index (χ1v) is 8.76. The van der Waals surface area contributed by atoms with Gasteiger partial charge in [-0.3, -0.25) is 0 Å². The van der Waals surface area contributed by atoms with Gasteiger partial charge in [-0.2, -0.15) is 13.4 Å². The summed E-state index contributed by atoms with van der Waals surface area (Å²) in [4.78, 5) is 3.66. The van der Waals surface area contributed by atoms with Gasteiger partial charge < -0.3 is 4.18 Å². The maximum atomic E-state index is 11.9. The third kappa shape index (κ3) is 5.53. The van der Waals surface area contributed by atoms with E-state index in [1.54, 1.807) is 0 Å². The highest BCUT2D eigenvalue weighted by Crippen LogP contribution is 2.13. The summed E-state index contributed by atoms with van der Waals surface area (Å²) in [6.07, 6.45) is 0.854. The molecule has 19 heavy (non-hydrogen) atoms. The standard InChI is InChI=1S/C10H16N2O5S2/c1-8(2)7-11-19(15,16)10-6-4-5-9(12-10)17-18(3,13)14/h4-6,8,11H,7H2,1-3H3. The fraction of sp³-hybridized carbons (Fsp3) is 0.500. The van der Waals surface area contributed by atoms with E-state index >= 15 is 0 Å². The minimum atomic E-state index is -3.77. The average Bonchev–Trinajstić information content (AvgIpc) is 2.24.